The second-order valence-electron chi connectivity index (χ2n) is 21.2. The SMILES string of the molecule is Cc1ncsc1-c1ccc(CNC(=O)[C@@H]2C[C@@H](O)CN2C(=O)[C@@H](NC(=O)CCOCCOCCOCCOCCC(=O)N2CCN(CCOc3ccc(C(=C(CCCl)c4ccccc4)c4ccc(O)cc4)cc3)CC2)C(C)(C)C)cc1. The first-order chi connectivity index (χ1) is 39.2. The van der Waals surface area contributed by atoms with Crippen molar-refractivity contribution in [3.05, 3.63) is 137 Å². The van der Waals surface area contributed by atoms with Crippen LogP contribution in [-0.2, 0) is 44.7 Å². The molecule has 0 spiro atoms. The molecule has 0 aliphatic carbocycles. The number of aliphatic hydroxyl groups is 1. The molecule has 19 heteroatoms. The minimum Gasteiger partial charge on any atom is -0.508 e. The number of carbonyl (C=O) groups is 4. The highest BCUT2D eigenvalue weighted by Crippen LogP contribution is 2.36. The van der Waals surface area contributed by atoms with Crippen molar-refractivity contribution in [3.63, 3.8) is 0 Å². The van der Waals surface area contributed by atoms with Crippen LogP contribution in [0.3, 0.4) is 0 Å². The van der Waals surface area contributed by atoms with E-state index in [0.717, 1.165) is 74.9 Å². The largest absolute Gasteiger partial charge is 0.508 e. The minimum atomic E-state index is -0.936. The summed E-state index contributed by atoms with van der Waals surface area (Å²) in [6, 6.07) is 31.7. The lowest BCUT2D eigenvalue weighted by atomic mass is 9.85. The molecule has 1 aromatic heterocycles. The molecule has 2 saturated heterocycles. The number of aliphatic hydroxyl groups excluding tert-OH is 1. The van der Waals surface area contributed by atoms with Crippen LogP contribution in [0.1, 0.15) is 74.4 Å². The molecule has 4 N–H and O–H groups in total. The third kappa shape index (κ3) is 19.2. The number of phenols is 1. The van der Waals surface area contributed by atoms with Gasteiger partial charge in [0.1, 0.15) is 30.2 Å². The van der Waals surface area contributed by atoms with E-state index < -0.39 is 29.5 Å². The second-order valence-corrected chi connectivity index (χ2v) is 22.4. The molecule has 17 nitrogen and oxygen atoms in total. The zero-order valence-electron chi connectivity index (χ0n) is 47.1. The van der Waals surface area contributed by atoms with E-state index in [-0.39, 0.29) is 62.6 Å². The number of nitrogens with one attached hydrogen (secondary N) is 2. The summed E-state index contributed by atoms with van der Waals surface area (Å²) in [7, 11) is 0. The standard InChI is InChI=1S/C62H79ClN6O11S/c1-44-58(81-43-65-44)49-12-10-45(11-13-49)41-64-60(74)54-40-51(71)42-69(54)61(75)59(62(2,3)4)66-55(72)23-31-76-34-36-78-38-39-79-37-35-77-32-24-56(73)68-28-26-67(27-29-68)30-33-80-52-20-16-48(17-21-52)57(47-14-18-50(70)19-15-47)53(22-25-63)46-8-6-5-7-9-46/h5-21,43,51,54,59,70-71H,22-42H2,1-4H3,(H,64,74)(H,66,72)/t51-,54+,59-/m1/s1. The van der Waals surface area contributed by atoms with Crippen molar-refractivity contribution in [2.45, 2.75) is 78.1 Å². The van der Waals surface area contributed by atoms with E-state index in [0.29, 0.717) is 78.1 Å². The molecule has 3 heterocycles. The van der Waals surface area contributed by atoms with E-state index in [9.17, 15) is 29.4 Å². The maximum Gasteiger partial charge on any atom is 0.246 e. The number of phenolic OH excluding ortho intramolecular Hbond substituents is 1. The maximum absolute atomic E-state index is 14.0. The third-order valence-corrected chi connectivity index (χ3v) is 15.4. The lowest BCUT2D eigenvalue weighted by Gasteiger charge is -2.35. The fourth-order valence-electron chi connectivity index (χ4n) is 9.78. The summed E-state index contributed by atoms with van der Waals surface area (Å²) in [4.78, 5) is 64.4. The summed E-state index contributed by atoms with van der Waals surface area (Å²) in [5.41, 5.74) is 9.34. The fourth-order valence-corrected chi connectivity index (χ4v) is 10.8. The number of allylic oxidation sites excluding steroid dienone is 1. The fraction of sp³-hybridized carbons (Fsp3) is 0.468. The number of likely N-dealkylation sites (tertiary alicyclic amines) is 1. The second kappa shape index (κ2) is 31.8. The van der Waals surface area contributed by atoms with E-state index in [2.05, 4.69) is 44.8 Å². The first-order valence-corrected chi connectivity index (χ1v) is 29.3. The quantitative estimate of drug-likeness (QED) is 0.0199. The molecular weight excluding hydrogens is 1070 g/mol. The van der Waals surface area contributed by atoms with Gasteiger partial charge < -0.3 is 54.3 Å². The first kappa shape index (κ1) is 62.4. The monoisotopic (exact) mass is 1150 g/mol. The predicted molar refractivity (Wildman–Crippen MR) is 315 cm³/mol. The van der Waals surface area contributed by atoms with Gasteiger partial charge >= 0.3 is 0 Å². The smallest absolute Gasteiger partial charge is 0.246 e. The van der Waals surface area contributed by atoms with Gasteiger partial charge in [0.15, 0.2) is 0 Å². The van der Waals surface area contributed by atoms with Crippen molar-refractivity contribution in [2.24, 2.45) is 5.41 Å². The Kier molecular flexibility index (Phi) is 24.5. The topological polar surface area (TPSA) is 202 Å². The number of ether oxygens (including phenoxy) is 5. The molecule has 0 bridgehead atoms. The average Bonchev–Trinajstić information content (AvgIpc) is 4.17. The molecule has 0 radical (unpaired) electrons. The van der Waals surface area contributed by atoms with Crippen molar-refractivity contribution in [1.29, 1.82) is 0 Å². The number of aromatic nitrogens is 1. The molecule has 2 aliphatic rings. The molecular formula is C62H79ClN6O11S. The summed E-state index contributed by atoms with van der Waals surface area (Å²) in [6.07, 6.45) is 0.237. The third-order valence-electron chi connectivity index (χ3n) is 14.2. The van der Waals surface area contributed by atoms with Crippen molar-refractivity contribution < 1.29 is 53.1 Å². The summed E-state index contributed by atoms with van der Waals surface area (Å²) in [5.74, 6) is 0.368. The van der Waals surface area contributed by atoms with Crippen LogP contribution in [0, 0.1) is 12.3 Å². The van der Waals surface area contributed by atoms with E-state index in [1.807, 2.05) is 105 Å². The van der Waals surface area contributed by atoms with Gasteiger partial charge in [-0.05, 0) is 82.0 Å². The van der Waals surface area contributed by atoms with E-state index in [1.165, 1.54) is 4.90 Å². The van der Waals surface area contributed by atoms with Gasteiger partial charge in [0.05, 0.1) is 81.5 Å². The predicted octanol–water partition coefficient (Wildman–Crippen LogP) is 7.59. The highest BCUT2D eigenvalue weighted by molar-refractivity contribution is 7.13. The van der Waals surface area contributed by atoms with Gasteiger partial charge in [0.25, 0.3) is 0 Å². The van der Waals surface area contributed by atoms with Gasteiger partial charge in [0.2, 0.25) is 23.6 Å². The molecule has 81 heavy (non-hydrogen) atoms. The van der Waals surface area contributed by atoms with Crippen molar-refractivity contribution >= 4 is 57.7 Å². The Labute approximate surface area is 485 Å². The number of aryl methyl sites for hydroxylation is 1. The van der Waals surface area contributed by atoms with Crippen LogP contribution in [0.15, 0.2) is 109 Å². The lowest BCUT2D eigenvalue weighted by Crippen LogP contribution is -2.57. The maximum atomic E-state index is 14.0. The number of carbonyl (C=O) groups excluding carboxylic acids is 4. The van der Waals surface area contributed by atoms with Gasteiger partial charge in [-0.1, -0.05) is 99.6 Å². The molecule has 2 fully saturated rings. The summed E-state index contributed by atoms with van der Waals surface area (Å²) >= 11 is 7.89. The molecule has 436 valence electrons. The van der Waals surface area contributed by atoms with Crippen LogP contribution in [0.4, 0.5) is 0 Å². The first-order valence-electron chi connectivity index (χ1n) is 27.9. The minimum absolute atomic E-state index is 0.00975. The van der Waals surface area contributed by atoms with Crippen molar-refractivity contribution in [3.8, 4) is 21.9 Å². The average molecular weight is 1150 g/mol. The number of β-amino-alcohol motifs (C(OH)–C–C–N with tert-alkyl or cyclic N) is 1. The number of halogens is 1. The number of hydrogen-bond donors (Lipinski definition) is 4. The van der Waals surface area contributed by atoms with E-state index in [1.54, 1.807) is 23.5 Å². The van der Waals surface area contributed by atoms with Crippen molar-refractivity contribution in [1.82, 2.24) is 30.3 Å². The lowest BCUT2D eigenvalue weighted by molar-refractivity contribution is -0.144. The molecule has 3 atom stereocenters. The number of amides is 4. The number of rotatable bonds is 30. The van der Waals surface area contributed by atoms with Crippen LogP contribution in [0.5, 0.6) is 11.5 Å². The van der Waals surface area contributed by atoms with Gasteiger partial charge in [-0.3, -0.25) is 24.1 Å². The molecule has 4 aromatic carbocycles. The summed E-state index contributed by atoms with van der Waals surface area (Å²) in [6.45, 7) is 14.3. The number of thiazole rings is 1. The Morgan fingerprint density at radius 2 is 1.35 bits per heavy atom. The van der Waals surface area contributed by atoms with Crippen LogP contribution in [0.25, 0.3) is 21.6 Å². The van der Waals surface area contributed by atoms with Gasteiger partial charge in [0, 0.05) is 64.5 Å². The Bertz CT molecular complexity index is 2790. The molecule has 0 saturated carbocycles. The molecule has 5 aromatic rings. The van der Waals surface area contributed by atoms with Crippen LogP contribution >= 0.6 is 22.9 Å². The molecule has 0 unspecified atom stereocenters. The summed E-state index contributed by atoms with van der Waals surface area (Å²) < 4.78 is 28.7. The number of piperazine rings is 1. The Balaban J connectivity index is 0.694. The number of benzene rings is 4. The molecule has 4 amide bonds. The Morgan fingerprint density at radius 1 is 0.741 bits per heavy atom. The molecule has 2 aliphatic heterocycles. The van der Waals surface area contributed by atoms with Crippen molar-refractivity contribution in [2.75, 3.05) is 105 Å². The van der Waals surface area contributed by atoms with Gasteiger partial charge in [-0.2, -0.15) is 0 Å². The zero-order chi connectivity index (χ0) is 57.6. The van der Waals surface area contributed by atoms with Crippen LogP contribution in [-0.4, -0.2) is 176 Å². The number of nitrogens with zero attached hydrogens (tertiary/aromatic N) is 4. The summed E-state index contributed by atoms with van der Waals surface area (Å²) in [5, 5.41) is 26.4. The van der Waals surface area contributed by atoms with E-state index in [4.69, 9.17) is 35.3 Å². The zero-order valence-corrected chi connectivity index (χ0v) is 48.7. The number of hydrogen-bond acceptors (Lipinski definition) is 14. The number of aromatic hydroxyl groups is 1. The normalized spacial score (nSPS) is 16.5. The molecule has 7 rings (SSSR count). The van der Waals surface area contributed by atoms with Crippen LogP contribution in [0.2, 0.25) is 0 Å². The van der Waals surface area contributed by atoms with E-state index >= 15 is 0 Å². The highest BCUT2D eigenvalue weighted by Gasteiger charge is 2.44. The van der Waals surface area contributed by atoms with Gasteiger partial charge in [-0.25, -0.2) is 4.98 Å². The Hall–Kier alpha value is -6.22. The van der Waals surface area contributed by atoms with Crippen LogP contribution < -0.4 is 15.4 Å². The Morgan fingerprint density at radius 3 is 1.94 bits per heavy atom. The van der Waals surface area contributed by atoms with Gasteiger partial charge in [-0.15, -0.1) is 22.9 Å². The number of alkyl halides is 1. The highest BCUT2D eigenvalue weighted by atomic mass is 35.5.